The minimum atomic E-state index is -0.619. The van der Waals surface area contributed by atoms with E-state index in [1.165, 1.54) is 0 Å². The molecule has 10 heteroatoms. The second-order valence-corrected chi connectivity index (χ2v) is 7.74. The van der Waals surface area contributed by atoms with E-state index in [-0.39, 0.29) is 11.3 Å². The molecular formula is C22H27N7O3. The number of morpholine rings is 1. The molecule has 0 aliphatic carbocycles. The molecule has 1 fully saturated rings. The average Bonchev–Trinajstić information content (AvgIpc) is 3.19. The van der Waals surface area contributed by atoms with Crippen LogP contribution in [0.3, 0.4) is 0 Å². The Morgan fingerprint density at radius 2 is 1.97 bits per heavy atom. The fourth-order valence-corrected chi connectivity index (χ4v) is 3.73. The molecule has 0 saturated carbocycles. The summed E-state index contributed by atoms with van der Waals surface area (Å²) >= 11 is 0. The number of primary amides is 1. The van der Waals surface area contributed by atoms with E-state index < -0.39 is 5.91 Å². The van der Waals surface area contributed by atoms with Crippen molar-refractivity contribution in [1.82, 2.24) is 15.2 Å². The van der Waals surface area contributed by atoms with Crippen molar-refractivity contribution in [2.24, 2.45) is 5.73 Å². The van der Waals surface area contributed by atoms with Crippen molar-refractivity contribution < 1.29 is 14.6 Å². The summed E-state index contributed by atoms with van der Waals surface area (Å²) in [5.74, 6) is 0.920. The summed E-state index contributed by atoms with van der Waals surface area (Å²) in [5.41, 5.74) is 9.38. The van der Waals surface area contributed by atoms with Gasteiger partial charge in [-0.2, -0.15) is 5.10 Å². The van der Waals surface area contributed by atoms with Crippen LogP contribution in [0, 0.1) is 13.8 Å². The zero-order chi connectivity index (χ0) is 22.7. The molecule has 6 N–H and O–H groups in total. The Morgan fingerprint density at radius 3 is 2.59 bits per heavy atom. The number of aromatic hydroxyl groups is 1. The van der Waals surface area contributed by atoms with Gasteiger partial charge in [0.1, 0.15) is 22.9 Å². The maximum absolute atomic E-state index is 12.1. The van der Waals surface area contributed by atoms with Crippen LogP contribution in [0.15, 0.2) is 30.5 Å². The van der Waals surface area contributed by atoms with Crippen LogP contribution >= 0.6 is 0 Å². The number of nitrogens with one attached hydrogen (secondary N) is 3. The molecule has 32 heavy (non-hydrogen) atoms. The van der Waals surface area contributed by atoms with Gasteiger partial charge in [0.15, 0.2) is 5.82 Å². The second-order valence-electron chi connectivity index (χ2n) is 7.74. The highest BCUT2D eigenvalue weighted by Gasteiger charge is 2.19. The Labute approximate surface area is 185 Å². The van der Waals surface area contributed by atoms with Crippen molar-refractivity contribution in [2.45, 2.75) is 20.4 Å². The lowest BCUT2D eigenvalue weighted by molar-refractivity contribution is 0.100. The first-order valence-electron chi connectivity index (χ1n) is 10.4. The van der Waals surface area contributed by atoms with Crippen LogP contribution < -0.4 is 21.3 Å². The first-order valence-corrected chi connectivity index (χ1v) is 10.4. The van der Waals surface area contributed by atoms with E-state index in [2.05, 4.69) is 30.7 Å². The number of aromatic nitrogens is 3. The standard InChI is InChI=1S/C22H27N7O3/c1-13-9-15(10-14(2)19(13)30)11-25-21-18(20(23)31)22(28-27-21)26-17-4-3-16(12-24-17)29-5-7-32-8-6-29/h3-4,9-10,12,30H,5-8,11H2,1-2H3,(H2,23,31)(H3,24,25,26,27,28). The van der Waals surface area contributed by atoms with Crippen LogP contribution in [0.25, 0.3) is 0 Å². The predicted molar refractivity (Wildman–Crippen MR) is 123 cm³/mol. The molecule has 0 bridgehead atoms. The molecule has 1 aliphatic rings. The van der Waals surface area contributed by atoms with Crippen molar-refractivity contribution in [3.05, 3.63) is 52.7 Å². The number of hydrogen-bond acceptors (Lipinski definition) is 8. The predicted octanol–water partition coefficient (Wildman–Crippen LogP) is 2.42. The summed E-state index contributed by atoms with van der Waals surface area (Å²) < 4.78 is 5.38. The third kappa shape index (κ3) is 4.59. The first kappa shape index (κ1) is 21.4. The first-order chi connectivity index (χ1) is 15.4. The number of pyridine rings is 1. The number of benzene rings is 1. The van der Waals surface area contributed by atoms with Crippen molar-refractivity contribution in [2.75, 3.05) is 41.8 Å². The van der Waals surface area contributed by atoms with E-state index in [1.807, 2.05) is 38.1 Å². The molecule has 1 amide bonds. The number of anilines is 4. The van der Waals surface area contributed by atoms with Crippen molar-refractivity contribution in [3.63, 3.8) is 0 Å². The van der Waals surface area contributed by atoms with E-state index in [0.717, 1.165) is 35.5 Å². The number of aromatic amines is 1. The Hall–Kier alpha value is -3.79. The average molecular weight is 438 g/mol. The molecule has 1 aromatic carbocycles. The number of H-pyrrole nitrogens is 1. The molecular weight excluding hydrogens is 410 g/mol. The topological polar surface area (TPSA) is 141 Å². The highest BCUT2D eigenvalue weighted by atomic mass is 16.5. The third-order valence-corrected chi connectivity index (χ3v) is 5.40. The molecule has 10 nitrogen and oxygen atoms in total. The van der Waals surface area contributed by atoms with E-state index in [4.69, 9.17) is 10.5 Å². The van der Waals surface area contributed by atoms with Crippen molar-refractivity contribution >= 4 is 29.0 Å². The maximum atomic E-state index is 12.1. The lowest BCUT2D eigenvalue weighted by Crippen LogP contribution is -2.36. The number of aryl methyl sites for hydroxylation is 2. The minimum Gasteiger partial charge on any atom is -0.507 e. The van der Waals surface area contributed by atoms with Crippen LogP contribution in [0.1, 0.15) is 27.0 Å². The van der Waals surface area contributed by atoms with Gasteiger partial charge in [0, 0.05) is 19.6 Å². The fourth-order valence-electron chi connectivity index (χ4n) is 3.73. The fraction of sp³-hybridized carbons (Fsp3) is 0.318. The van der Waals surface area contributed by atoms with Gasteiger partial charge >= 0.3 is 0 Å². The lowest BCUT2D eigenvalue weighted by Gasteiger charge is -2.28. The number of carbonyl (C=O) groups excluding carboxylic acids is 1. The van der Waals surface area contributed by atoms with Gasteiger partial charge in [-0.15, -0.1) is 0 Å². The molecule has 1 saturated heterocycles. The Bertz CT molecular complexity index is 1080. The second kappa shape index (κ2) is 9.15. The normalized spacial score (nSPS) is 13.8. The molecule has 0 atom stereocenters. The van der Waals surface area contributed by atoms with Crippen LogP contribution in [0.2, 0.25) is 0 Å². The van der Waals surface area contributed by atoms with Crippen LogP contribution in [-0.4, -0.2) is 52.5 Å². The van der Waals surface area contributed by atoms with Gasteiger partial charge < -0.3 is 31.1 Å². The van der Waals surface area contributed by atoms with Crippen LogP contribution in [0.5, 0.6) is 5.75 Å². The number of nitrogens with zero attached hydrogens (tertiary/aromatic N) is 3. The van der Waals surface area contributed by atoms with Crippen molar-refractivity contribution in [1.29, 1.82) is 0 Å². The SMILES string of the molecule is Cc1cc(CNc2[nH]nc(Nc3ccc(N4CCOCC4)cn3)c2C(N)=O)cc(C)c1O. The summed E-state index contributed by atoms with van der Waals surface area (Å²) in [5, 5.41) is 23.2. The van der Waals surface area contributed by atoms with Gasteiger partial charge in [0.2, 0.25) is 0 Å². The maximum Gasteiger partial charge on any atom is 0.256 e. The number of hydrogen-bond donors (Lipinski definition) is 5. The van der Waals surface area contributed by atoms with Crippen LogP contribution in [-0.2, 0) is 11.3 Å². The number of phenols is 1. The zero-order valence-corrected chi connectivity index (χ0v) is 18.1. The van der Waals surface area contributed by atoms with E-state index in [9.17, 15) is 9.90 Å². The summed E-state index contributed by atoms with van der Waals surface area (Å²) in [6.45, 7) is 7.18. The third-order valence-electron chi connectivity index (χ3n) is 5.40. The van der Waals surface area contributed by atoms with E-state index >= 15 is 0 Å². The van der Waals surface area contributed by atoms with Gasteiger partial charge in [0.05, 0.1) is 25.1 Å². The highest BCUT2D eigenvalue weighted by Crippen LogP contribution is 2.27. The molecule has 2 aromatic heterocycles. The minimum absolute atomic E-state index is 0.219. The zero-order valence-electron chi connectivity index (χ0n) is 18.1. The quantitative estimate of drug-likeness (QED) is 0.379. The summed E-state index contributed by atoms with van der Waals surface area (Å²) in [7, 11) is 0. The molecule has 4 rings (SSSR count). The van der Waals surface area contributed by atoms with E-state index in [0.29, 0.717) is 37.2 Å². The van der Waals surface area contributed by atoms with Gasteiger partial charge in [-0.3, -0.25) is 9.89 Å². The molecule has 0 radical (unpaired) electrons. The molecule has 1 aliphatic heterocycles. The van der Waals surface area contributed by atoms with Gasteiger partial charge in [-0.05, 0) is 42.7 Å². The van der Waals surface area contributed by atoms with E-state index in [1.54, 1.807) is 6.20 Å². The summed E-state index contributed by atoms with van der Waals surface area (Å²) in [6, 6.07) is 7.56. The van der Waals surface area contributed by atoms with Gasteiger partial charge in [-0.25, -0.2) is 4.98 Å². The number of carbonyl (C=O) groups is 1. The Morgan fingerprint density at radius 1 is 1.25 bits per heavy atom. The Kier molecular flexibility index (Phi) is 6.13. The number of rotatable bonds is 7. The Balaban J connectivity index is 1.47. The monoisotopic (exact) mass is 437 g/mol. The summed E-state index contributed by atoms with van der Waals surface area (Å²) in [4.78, 5) is 18.8. The number of ether oxygens (including phenoxy) is 1. The highest BCUT2D eigenvalue weighted by molar-refractivity contribution is 6.03. The molecule has 3 aromatic rings. The molecule has 168 valence electrons. The van der Waals surface area contributed by atoms with Crippen LogP contribution in [0.4, 0.5) is 23.1 Å². The number of phenolic OH excluding ortho intramolecular Hbond substituents is 1. The molecule has 0 spiro atoms. The largest absolute Gasteiger partial charge is 0.507 e. The lowest BCUT2D eigenvalue weighted by atomic mass is 10.1. The summed E-state index contributed by atoms with van der Waals surface area (Å²) in [6.07, 6.45) is 1.78. The van der Waals surface area contributed by atoms with Gasteiger partial charge in [0.25, 0.3) is 5.91 Å². The van der Waals surface area contributed by atoms with Gasteiger partial charge in [-0.1, -0.05) is 12.1 Å². The smallest absolute Gasteiger partial charge is 0.256 e. The number of amides is 1. The molecule has 3 heterocycles. The van der Waals surface area contributed by atoms with Crippen molar-refractivity contribution in [3.8, 4) is 5.75 Å². The molecule has 0 unspecified atom stereocenters. The number of nitrogens with two attached hydrogens (primary N) is 1.